The molecule has 0 radical (unpaired) electrons. The SMILES string of the molecule is Cn1c(CCC(=O)NCc2ccc3c(c2)OCO3)nc2cc(S(=O)(=O)N3CCCCC3)ccc21. The van der Waals surface area contributed by atoms with Crippen molar-refractivity contribution in [1.29, 1.82) is 0 Å². The van der Waals surface area contributed by atoms with Crippen LogP contribution in [0.2, 0.25) is 0 Å². The number of nitrogens with zero attached hydrogens (tertiary/aromatic N) is 3. The van der Waals surface area contributed by atoms with Crippen LogP contribution in [0.1, 0.15) is 37.1 Å². The summed E-state index contributed by atoms with van der Waals surface area (Å²) in [4.78, 5) is 17.3. The number of aryl methyl sites for hydroxylation is 2. The standard InChI is InChI=1S/C24H28N4O5S/c1-27-20-7-6-18(34(30,31)28-11-3-2-4-12-28)14-19(20)26-23(27)9-10-24(29)25-15-17-5-8-21-22(13-17)33-16-32-21/h5-8,13-14H,2-4,9-12,15-16H2,1H3,(H,25,29). The van der Waals surface area contributed by atoms with Crippen molar-refractivity contribution in [2.24, 2.45) is 7.05 Å². The number of sulfonamides is 1. The van der Waals surface area contributed by atoms with Crippen LogP contribution in [0.15, 0.2) is 41.3 Å². The maximum Gasteiger partial charge on any atom is 0.243 e. The van der Waals surface area contributed by atoms with E-state index in [1.807, 2.05) is 29.8 Å². The molecule has 0 unspecified atom stereocenters. The molecule has 2 aliphatic heterocycles. The molecule has 10 heteroatoms. The molecule has 0 bridgehead atoms. The molecule has 2 aliphatic rings. The number of fused-ring (bicyclic) bond motifs is 2. The van der Waals surface area contributed by atoms with E-state index in [9.17, 15) is 13.2 Å². The van der Waals surface area contributed by atoms with Crippen molar-refractivity contribution in [3.8, 4) is 11.5 Å². The number of benzene rings is 2. The molecule has 0 atom stereocenters. The minimum Gasteiger partial charge on any atom is -0.454 e. The third kappa shape index (κ3) is 4.47. The Bertz CT molecular complexity index is 1330. The number of piperidine rings is 1. The van der Waals surface area contributed by atoms with Gasteiger partial charge in [-0.25, -0.2) is 13.4 Å². The summed E-state index contributed by atoms with van der Waals surface area (Å²) in [6.45, 7) is 1.75. The highest BCUT2D eigenvalue weighted by atomic mass is 32.2. The lowest BCUT2D eigenvalue weighted by atomic mass is 10.2. The summed E-state index contributed by atoms with van der Waals surface area (Å²) in [5.41, 5.74) is 2.40. The van der Waals surface area contributed by atoms with Crippen LogP contribution in [0.25, 0.3) is 11.0 Å². The molecule has 1 amide bonds. The van der Waals surface area contributed by atoms with Crippen molar-refractivity contribution in [3.63, 3.8) is 0 Å². The van der Waals surface area contributed by atoms with Crippen LogP contribution in [-0.2, 0) is 34.8 Å². The summed E-state index contributed by atoms with van der Waals surface area (Å²) in [7, 11) is -1.63. The molecule has 1 N–H and O–H groups in total. The summed E-state index contributed by atoms with van der Waals surface area (Å²) in [6.07, 6.45) is 3.59. The molecule has 5 rings (SSSR count). The van der Waals surface area contributed by atoms with Gasteiger partial charge < -0.3 is 19.4 Å². The molecule has 34 heavy (non-hydrogen) atoms. The first kappa shape index (κ1) is 22.7. The molecule has 0 saturated carbocycles. The molecular weight excluding hydrogens is 456 g/mol. The van der Waals surface area contributed by atoms with E-state index in [1.54, 1.807) is 22.5 Å². The van der Waals surface area contributed by atoms with Gasteiger partial charge in [-0.3, -0.25) is 4.79 Å². The molecule has 0 spiro atoms. The maximum absolute atomic E-state index is 13.0. The second kappa shape index (κ2) is 9.27. The van der Waals surface area contributed by atoms with Gasteiger partial charge in [0.05, 0.1) is 15.9 Å². The minimum atomic E-state index is -3.52. The molecule has 1 fully saturated rings. The lowest BCUT2D eigenvalue weighted by Crippen LogP contribution is -2.35. The van der Waals surface area contributed by atoms with E-state index in [2.05, 4.69) is 10.3 Å². The van der Waals surface area contributed by atoms with Crippen molar-refractivity contribution in [2.75, 3.05) is 19.9 Å². The molecule has 9 nitrogen and oxygen atoms in total. The van der Waals surface area contributed by atoms with Gasteiger partial charge in [-0.2, -0.15) is 4.31 Å². The number of carbonyl (C=O) groups is 1. The summed E-state index contributed by atoms with van der Waals surface area (Å²) in [5, 5.41) is 2.92. The first-order chi connectivity index (χ1) is 16.4. The summed E-state index contributed by atoms with van der Waals surface area (Å²) in [5.74, 6) is 2.05. The number of carbonyl (C=O) groups excluding carboxylic acids is 1. The van der Waals surface area contributed by atoms with Crippen molar-refractivity contribution < 1.29 is 22.7 Å². The Labute approximate surface area is 198 Å². The zero-order chi connectivity index (χ0) is 23.7. The van der Waals surface area contributed by atoms with Crippen molar-refractivity contribution in [2.45, 2.75) is 43.5 Å². The summed E-state index contributed by atoms with van der Waals surface area (Å²) >= 11 is 0. The average Bonchev–Trinajstić information content (AvgIpc) is 3.45. The second-order valence-corrected chi connectivity index (χ2v) is 10.6. The number of hydrogen-bond donors (Lipinski definition) is 1. The van der Waals surface area contributed by atoms with Gasteiger partial charge in [0.15, 0.2) is 11.5 Å². The van der Waals surface area contributed by atoms with Gasteiger partial charge in [0, 0.05) is 39.5 Å². The normalized spacial score (nSPS) is 16.1. The molecule has 1 saturated heterocycles. The van der Waals surface area contributed by atoms with E-state index in [1.165, 1.54) is 0 Å². The number of amides is 1. The lowest BCUT2D eigenvalue weighted by Gasteiger charge is -2.25. The fourth-order valence-electron chi connectivity index (χ4n) is 4.43. The Morgan fingerprint density at radius 1 is 1.06 bits per heavy atom. The number of imidazole rings is 1. The number of rotatable bonds is 7. The maximum atomic E-state index is 13.0. The van der Waals surface area contributed by atoms with E-state index >= 15 is 0 Å². The van der Waals surface area contributed by atoms with Crippen molar-refractivity contribution >= 4 is 27.0 Å². The summed E-state index contributed by atoms with van der Waals surface area (Å²) in [6, 6.07) is 10.7. The van der Waals surface area contributed by atoms with Crippen LogP contribution in [-0.4, -0.2) is 48.1 Å². The fourth-order valence-corrected chi connectivity index (χ4v) is 5.97. The molecule has 2 aromatic carbocycles. The second-order valence-electron chi connectivity index (χ2n) is 8.67. The lowest BCUT2D eigenvalue weighted by molar-refractivity contribution is -0.121. The minimum absolute atomic E-state index is 0.0851. The molecule has 3 heterocycles. The van der Waals surface area contributed by atoms with Gasteiger partial charge in [0.1, 0.15) is 5.82 Å². The van der Waals surface area contributed by atoms with Crippen molar-refractivity contribution in [1.82, 2.24) is 19.2 Å². The Kier molecular flexibility index (Phi) is 6.18. The van der Waals surface area contributed by atoms with Crippen LogP contribution >= 0.6 is 0 Å². The van der Waals surface area contributed by atoms with Gasteiger partial charge in [-0.1, -0.05) is 12.5 Å². The van der Waals surface area contributed by atoms with Crippen LogP contribution in [0.3, 0.4) is 0 Å². The highest BCUT2D eigenvalue weighted by Crippen LogP contribution is 2.32. The van der Waals surface area contributed by atoms with Crippen LogP contribution in [0.4, 0.5) is 0 Å². The van der Waals surface area contributed by atoms with E-state index in [0.717, 1.165) is 36.2 Å². The van der Waals surface area contributed by atoms with E-state index in [0.29, 0.717) is 43.1 Å². The van der Waals surface area contributed by atoms with Gasteiger partial charge in [-0.05, 0) is 48.7 Å². The molecule has 1 aromatic heterocycles. The predicted octanol–water partition coefficient (Wildman–Crippen LogP) is 2.73. The highest BCUT2D eigenvalue weighted by Gasteiger charge is 2.26. The van der Waals surface area contributed by atoms with Crippen molar-refractivity contribution in [3.05, 3.63) is 47.8 Å². The third-order valence-electron chi connectivity index (χ3n) is 6.40. The van der Waals surface area contributed by atoms with Crippen LogP contribution in [0.5, 0.6) is 11.5 Å². The quantitative estimate of drug-likeness (QED) is 0.553. The first-order valence-electron chi connectivity index (χ1n) is 11.5. The average molecular weight is 485 g/mol. The Hall–Kier alpha value is -3.11. The largest absolute Gasteiger partial charge is 0.454 e. The van der Waals surface area contributed by atoms with Crippen LogP contribution < -0.4 is 14.8 Å². The topological polar surface area (TPSA) is 103 Å². The van der Waals surface area contributed by atoms with Gasteiger partial charge in [0.25, 0.3) is 0 Å². The van der Waals surface area contributed by atoms with Gasteiger partial charge in [-0.15, -0.1) is 0 Å². The van der Waals surface area contributed by atoms with E-state index < -0.39 is 10.0 Å². The van der Waals surface area contributed by atoms with E-state index in [4.69, 9.17) is 9.47 Å². The molecule has 0 aliphatic carbocycles. The highest BCUT2D eigenvalue weighted by molar-refractivity contribution is 7.89. The Balaban J connectivity index is 1.23. The zero-order valence-corrected chi connectivity index (χ0v) is 19.9. The third-order valence-corrected chi connectivity index (χ3v) is 8.29. The number of hydrogen-bond acceptors (Lipinski definition) is 6. The Morgan fingerprint density at radius 3 is 2.68 bits per heavy atom. The predicted molar refractivity (Wildman–Crippen MR) is 126 cm³/mol. The van der Waals surface area contributed by atoms with E-state index in [-0.39, 0.29) is 24.0 Å². The number of aromatic nitrogens is 2. The monoisotopic (exact) mass is 484 g/mol. The number of nitrogens with one attached hydrogen (secondary N) is 1. The number of ether oxygens (including phenoxy) is 2. The molecular formula is C24H28N4O5S. The molecule has 180 valence electrons. The Morgan fingerprint density at radius 2 is 1.85 bits per heavy atom. The van der Waals surface area contributed by atoms with Crippen LogP contribution in [0, 0.1) is 0 Å². The van der Waals surface area contributed by atoms with Gasteiger partial charge >= 0.3 is 0 Å². The van der Waals surface area contributed by atoms with Gasteiger partial charge in [0.2, 0.25) is 22.7 Å². The summed E-state index contributed by atoms with van der Waals surface area (Å²) < 4.78 is 40.2. The molecule has 3 aromatic rings. The zero-order valence-electron chi connectivity index (χ0n) is 19.1. The smallest absolute Gasteiger partial charge is 0.243 e. The fraction of sp³-hybridized carbons (Fsp3) is 0.417. The first-order valence-corrected chi connectivity index (χ1v) is 13.0.